The second-order valence-corrected chi connectivity index (χ2v) is 6.71. The van der Waals surface area contributed by atoms with Crippen LogP contribution in [0.2, 0.25) is 0 Å². The molecule has 0 saturated heterocycles. The van der Waals surface area contributed by atoms with Crippen molar-refractivity contribution in [2.24, 2.45) is 5.92 Å². The van der Waals surface area contributed by atoms with E-state index in [1.54, 1.807) is 18.2 Å². The minimum Gasteiger partial charge on any atom is -0.350 e. The van der Waals surface area contributed by atoms with Crippen molar-refractivity contribution in [1.82, 2.24) is 15.1 Å². The van der Waals surface area contributed by atoms with Gasteiger partial charge in [0, 0.05) is 24.2 Å². The molecule has 0 atom stereocenters. The highest BCUT2D eigenvalue weighted by atomic mass is 19.1. The van der Waals surface area contributed by atoms with Gasteiger partial charge in [-0.1, -0.05) is 13.8 Å². The number of aromatic nitrogens is 2. The zero-order chi connectivity index (χ0) is 20.3. The van der Waals surface area contributed by atoms with Gasteiger partial charge in [0.25, 0.3) is 11.6 Å². The average Bonchev–Trinajstić information content (AvgIpc) is 3.12. The Morgan fingerprint density at radius 3 is 2.39 bits per heavy atom. The van der Waals surface area contributed by atoms with E-state index in [-0.39, 0.29) is 29.0 Å². The van der Waals surface area contributed by atoms with Gasteiger partial charge in [0.1, 0.15) is 11.5 Å². The number of hydrogen-bond donors (Lipinski definition) is 1. The summed E-state index contributed by atoms with van der Waals surface area (Å²) in [7, 11) is 0. The molecule has 144 valence electrons. The van der Waals surface area contributed by atoms with E-state index >= 15 is 0 Å². The largest absolute Gasteiger partial charge is 0.350 e. The Morgan fingerprint density at radius 1 is 1.18 bits per heavy atom. The van der Waals surface area contributed by atoms with E-state index in [1.165, 1.54) is 41.1 Å². The lowest BCUT2D eigenvalue weighted by molar-refractivity contribution is -0.384. The molecule has 0 aliphatic carbocycles. The number of hydrogen-bond acceptors (Lipinski definition) is 4. The highest BCUT2D eigenvalue weighted by molar-refractivity contribution is 5.94. The Labute approximate surface area is 161 Å². The van der Waals surface area contributed by atoms with Crippen molar-refractivity contribution in [2.75, 3.05) is 6.54 Å². The highest BCUT2D eigenvalue weighted by Crippen LogP contribution is 2.23. The van der Waals surface area contributed by atoms with E-state index in [9.17, 15) is 19.3 Å². The third kappa shape index (κ3) is 4.22. The third-order valence-corrected chi connectivity index (χ3v) is 4.06. The van der Waals surface area contributed by atoms with Gasteiger partial charge in [0.15, 0.2) is 0 Å². The maximum atomic E-state index is 13.2. The lowest BCUT2D eigenvalue weighted by Crippen LogP contribution is -2.29. The molecule has 7 nitrogen and oxygen atoms in total. The molecule has 8 heteroatoms. The Bertz CT molecular complexity index is 995. The number of amides is 1. The first-order chi connectivity index (χ1) is 13.3. The fraction of sp³-hybridized carbons (Fsp3) is 0.200. The summed E-state index contributed by atoms with van der Waals surface area (Å²) in [6.45, 7) is 4.46. The number of rotatable bonds is 6. The minimum atomic E-state index is -0.493. The Morgan fingerprint density at radius 2 is 1.82 bits per heavy atom. The van der Waals surface area contributed by atoms with Crippen LogP contribution in [0.15, 0.2) is 54.6 Å². The molecule has 0 unspecified atom stereocenters. The van der Waals surface area contributed by atoms with E-state index in [0.717, 1.165) is 0 Å². The monoisotopic (exact) mass is 382 g/mol. The number of carbonyl (C=O) groups excluding carboxylic acids is 1. The van der Waals surface area contributed by atoms with Crippen LogP contribution >= 0.6 is 0 Å². The van der Waals surface area contributed by atoms with Crippen LogP contribution in [0.1, 0.15) is 24.3 Å². The van der Waals surface area contributed by atoms with Crippen LogP contribution in [0, 0.1) is 21.8 Å². The lowest BCUT2D eigenvalue weighted by Gasteiger charge is -2.09. The number of non-ortho nitro benzene ring substituents is 1. The van der Waals surface area contributed by atoms with Crippen molar-refractivity contribution >= 4 is 11.6 Å². The normalized spacial score (nSPS) is 10.9. The Kier molecular flexibility index (Phi) is 5.49. The fourth-order valence-corrected chi connectivity index (χ4v) is 2.60. The van der Waals surface area contributed by atoms with E-state index in [0.29, 0.717) is 23.5 Å². The molecular formula is C20H19FN4O3. The van der Waals surface area contributed by atoms with Crippen molar-refractivity contribution in [1.29, 1.82) is 0 Å². The summed E-state index contributed by atoms with van der Waals surface area (Å²) in [6.07, 6.45) is 0. The number of nitrogens with zero attached hydrogens (tertiary/aromatic N) is 3. The van der Waals surface area contributed by atoms with Crippen LogP contribution in [-0.4, -0.2) is 27.2 Å². The molecule has 1 amide bonds. The quantitative estimate of drug-likeness (QED) is 0.516. The van der Waals surface area contributed by atoms with E-state index in [4.69, 9.17) is 0 Å². The van der Waals surface area contributed by atoms with Crippen molar-refractivity contribution in [3.8, 4) is 16.9 Å². The van der Waals surface area contributed by atoms with Gasteiger partial charge in [-0.2, -0.15) is 5.10 Å². The minimum absolute atomic E-state index is 0.0551. The fourth-order valence-electron chi connectivity index (χ4n) is 2.60. The Balaban J connectivity index is 2.03. The molecule has 0 aliphatic rings. The molecule has 0 radical (unpaired) electrons. The van der Waals surface area contributed by atoms with Crippen molar-refractivity contribution in [3.05, 3.63) is 76.2 Å². The SMILES string of the molecule is CC(C)CNC(=O)c1cc(-c2ccc(F)cc2)nn1-c1ccc([N+](=O)[O-])cc1. The van der Waals surface area contributed by atoms with Crippen LogP contribution in [0.5, 0.6) is 0 Å². The molecule has 2 aromatic carbocycles. The van der Waals surface area contributed by atoms with Gasteiger partial charge < -0.3 is 5.32 Å². The first-order valence-corrected chi connectivity index (χ1v) is 8.74. The van der Waals surface area contributed by atoms with Crippen LogP contribution in [-0.2, 0) is 0 Å². The number of nitro groups is 1. The molecule has 1 N–H and O–H groups in total. The summed E-state index contributed by atoms with van der Waals surface area (Å²) in [4.78, 5) is 23.1. The summed E-state index contributed by atoms with van der Waals surface area (Å²) < 4.78 is 14.6. The highest BCUT2D eigenvalue weighted by Gasteiger charge is 2.18. The molecule has 0 fully saturated rings. The standard InChI is InChI=1S/C20H19FN4O3/c1-13(2)12-22-20(26)19-11-18(14-3-5-15(21)6-4-14)23-24(19)16-7-9-17(10-8-16)25(27)28/h3-11,13H,12H2,1-2H3,(H,22,26). The number of nitro benzene ring substituents is 1. The van der Waals surface area contributed by atoms with Crippen LogP contribution in [0.4, 0.5) is 10.1 Å². The molecule has 28 heavy (non-hydrogen) atoms. The van der Waals surface area contributed by atoms with Gasteiger partial charge in [-0.3, -0.25) is 14.9 Å². The molecular weight excluding hydrogens is 363 g/mol. The van der Waals surface area contributed by atoms with Crippen molar-refractivity contribution in [3.63, 3.8) is 0 Å². The summed E-state index contributed by atoms with van der Waals surface area (Å²) in [5.41, 5.74) is 1.89. The maximum Gasteiger partial charge on any atom is 0.270 e. The summed E-state index contributed by atoms with van der Waals surface area (Å²) in [5.74, 6) is -0.405. The lowest BCUT2D eigenvalue weighted by atomic mass is 10.1. The first kappa shape index (κ1) is 19.2. The number of carbonyl (C=O) groups is 1. The van der Waals surface area contributed by atoms with Gasteiger partial charge in [0.2, 0.25) is 0 Å². The molecule has 0 spiro atoms. The van der Waals surface area contributed by atoms with E-state index < -0.39 is 4.92 Å². The Hall–Kier alpha value is -3.55. The predicted octanol–water partition coefficient (Wildman–Crippen LogP) is 3.97. The number of nitrogens with one attached hydrogen (secondary N) is 1. The zero-order valence-corrected chi connectivity index (χ0v) is 15.4. The van der Waals surface area contributed by atoms with Gasteiger partial charge in [-0.15, -0.1) is 0 Å². The molecule has 1 heterocycles. The molecule has 3 rings (SSSR count). The molecule has 0 aliphatic heterocycles. The maximum absolute atomic E-state index is 13.2. The van der Waals surface area contributed by atoms with Crippen LogP contribution < -0.4 is 5.32 Å². The number of benzene rings is 2. The van der Waals surface area contributed by atoms with Crippen LogP contribution in [0.25, 0.3) is 16.9 Å². The second kappa shape index (κ2) is 7.99. The first-order valence-electron chi connectivity index (χ1n) is 8.74. The molecule has 0 saturated carbocycles. The molecule has 1 aromatic heterocycles. The van der Waals surface area contributed by atoms with Crippen molar-refractivity contribution in [2.45, 2.75) is 13.8 Å². The van der Waals surface area contributed by atoms with Gasteiger partial charge >= 0.3 is 0 Å². The van der Waals surface area contributed by atoms with Crippen LogP contribution in [0.3, 0.4) is 0 Å². The zero-order valence-electron chi connectivity index (χ0n) is 15.4. The van der Waals surface area contributed by atoms with Gasteiger partial charge in [-0.25, -0.2) is 9.07 Å². The predicted molar refractivity (Wildman–Crippen MR) is 103 cm³/mol. The van der Waals surface area contributed by atoms with Gasteiger partial charge in [-0.05, 0) is 48.4 Å². The topological polar surface area (TPSA) is 90.1 Å². The third-order valence-electron chi connectivity index (χ3n) is 4.06. The summed E-state index contributed by atoms with van der Waals surface area (Å²) in [5, 5.41) is 18.2. The van der Waals surface area contributed by atoms with E-state index in [2.05, 4.69) is 10.4 Å². The average molecular weight is 382 g/mol. The second-order valence-electron chi connectivity index (χ2n) is 6.71. The molecule has 0 bridgehead atoms. The smallest absolute Gasteiger partial charge is 0.270 e. The van der Waals surface area contributed by atoms with E-state index in [1.807, 2.05) is 13.8 Å². The van der Waals surface area contributed by atoms with Crippen molar-refractivity contribution < 1.29 is 14.1 Å². The molecule has 3 aromatic rings. The number of halogens is 1. The summed E-state index contributed by atoms with van der Waals surface area (Å²) in [6, 6.07) is 13.2. The summed E-state index contributed by atoms with van der Waals surface area (Å²) >= 11 is 0. The van der Waals surface area contributed by atoms with Gasteiger partial charge in [0.05, 0.1) is 16.3 Å².